The third-order valence-corrected chi connectivity index (χ3v) is 2.72. The van der Waals surface area contributed by atoms with Crippen molar-refractivity contribution in [3.8, 4) is 5.88 Å². The van der Waals surface area contributed by atoms with Crippen LogP contribution in [-0.2, 0) is 4.79 Å². The molecule has 0 fully saturated rings. The predicted molar refractivity (Wildman–Crippen MR) is 76.4 cm³/mol. The van der Waals surface area contributed by atoms with E-state index in [2.05, 4.69) is 10.3 Å². The first kappa shape index (κ1) is 15.3. The van der Waals surface area contributed by atoms with Crippen LogP contribution in [-0.4, -0.2) is 41.5 Å². The van der Waals surface area contributed by atoms with E-state index in [-0.39, 0.29) is 24.6 Å². The average Bonchev–Trinajstić information content (AvgIpc) is 2.35. The van der Waals surface area contributed by atoms with Gasteiger partial charge in [-0.05, 0) is 39.8 Å². The zero-order chi connectivity index (χ0) is 14.4. The van der Waals surface area contributed by atoms with Crippen LogP contribution in [0.25, 0.3) is 0 Å². The molecule has 1 aromatic rings. The van der Waals surface area contributed by atoms with Crippen molar-refractivity contribution in [1.29, 1.82) is 0 Å². The molecule has 0 atom stereocenters. The molecule has 0 saturated carbocycles. The number of carbonyl (C=O) groups excluding carboxylic acids is 1. The number of rotatable bonds is 6. The number of pyridine rings is 1. The van der Waals surface area contributed by atoms with Crippen molar-refractivity contribution in [2.45, 2.75) is 39.8 Å². The Kier molecular flexibility index (Phi) is 5.60. The first-order chi connectivity index (χ1) is 8.91. The van der Waals surface area contributed by atoms with Crippen molar-refractivity contribution in [1.82, 2.24) is 9.88 Å². The predicted octanol–water partition coefficient (Wildman–Crippen LogP) is 2.15. The van der Waals surface area contributed by atoms with Gasteiger partial charge in [0.15, 0.2) is 0 Å². The van der Waals surface area contributed by atoms with Crippen LogP contribution >= 0.6 is 0 Å². The van der Waals surface area contributed by atoms with E-state index >= 15 is 0 Å². The molecular weight excluding hydrogens is 242 g/mol. The van der Waals surface area contributed by atoms with Crippen LogP contribution in [0.3, 0.4) is 0 Å². The van der Waals surface area contributed by atoms with Crippen molar-refractivity contribution in [2.24, 2.45) is 0 Å². The summed E-state index contributed by atoms with van der Waals surface area (Å²) in [6, 6.07) is 3.86. The van der Waals surface area contributed by atoms with E-state index in [0.29, 0.717) is 5.88 Å². The summed E-state index contributed by atoms with van der Waals surface area (Å²) in [5.74, 6) is 0.562. The fourth-order valence-corrected chi connectivity index (χ4v) is 1.43. The Balaban J connectivity index is 2.65. The largest absolute Gasteiger partial charge is 0.473 e. The number of carbonyl (C=O) groups is 1. The molecule has 0 unspecified atom stereocenters. The fourth-order valence-electron chi connectivity index (χ4n) is 1.43. The van der Waals surface area contributed by atoms with E-state index in [1.54, 1.807) is 18.1 Å². The first-order valence-corrected chi connectivity index (χ1v) is 6.53. The van der Waals surface area contributed by atoms with Gasteiger partial charge in [0.05, 0.1) is 18.3 Å². The smallest absolute Gasteiger partial charge is 0.241 e. The lowest BCUT2D eigenvalue weighted by Crippen LogP contribution is -2.37. The number of nitrogens with one attached hydrogen (secondary N) is 1. The first-order valence-electron chi connectivity index (χ1n) is 6.53. The number of hydrogen-bond acceptors (Lipinski definition) is 4. The van der Waals surface area contributed by atoms with Gasteiger partial charge >= 0.3 is 0 Å². The lowest BCUT2D eigenvalue weighted by molar-refractivity contribution is -0.129. The van der Waals surface area contributed by atoms with Crippen LogP contribution in [0, 0.1) is 0 Å². The van der Waals surface area contributed by atoms with Crippen molar-refractivity contribution < 1.29 is 9.53 Å². The van der Waals surface area contributed by atoms with Gasteiger partial charge in [-0.2, -0.15) is 0 Å². The minimum absolute atomic E-state index is 0.0364. The van der Waals surface area contributed by atoms with E-state index < -0.39 is 0 Å². The average molecular weight is 265 g/mol. The number of ether oxygens (including phenoxy) is 1. The van der Waals surface area contributed by atoms with Crippen LogP contribution in [0.15, 0.2) is 18.3 Å². The highest BCUT2D eigenvalue weighted by atomic mass is 16.5. The monoisotopic (exact) mass is 265 g/mol. The highest BCUT2D eigenvalue weighted by Gasteiger charge is 2.13. The molecule has 5 heteroatoms. The number of likely N-dealkylation sites (N-methyl/N-ethyl adjacent to an activating group) is 1. The zero-order valence-corrected chi connectivity index (χ0v) is 12.3. The summed E-state index contributed by atoms with van der Waals surface area (Å²) in [6.45, 7) is 8.08. The van der Waals surface area contributed by atoms with Crippen molar-refractivity contribution in [3.63, 3.8) is 0 Å². The minimum atomic E-state index is 0.0364. The molecule has 1 heterocycles. The zero-order valence-electron chi connectivity index (χ0n) is 12.3. The van der Waals surface area contributed by atoms with Crippen LogP contribution in [0.5, 0.6) is 5.88 Å². The quantitative estimate of drug-likeness (QED) is 0.856. The highest BCUT2D eigenvalue weighted by molar-refractivity contribution is 5.81. The molecule has 5 nitrogen and oxygen atoms in total. The maximum Gasteiger partial charge on any atom is 0.241 e. The number of aromatic nitrogens is 1. The summed E-state index contributed by atoms with van der Waals surface area (Å²) in [7, 11) is 1.80. The third-order valence-electron chi connectivity index (χ3n) is 2.72. The van der Waals surface area contributed by atoms with Crippen LogP contribution in [0.4, 0.5) is 5.69 Å². The Hall–Kier alpha value is -1.78. The molecule has 0 saturated heterocycles. The summed E-state index contributed by atoms with van der Waals surface area (Å²) in [5.41, 5.74) is 0.738. The second-order valence-electron chi connectivity index (χ2n) is 4.97. The Bertz CT molecular complexity index is 419. The molecule has 0 aliphatic rings. The normalized spacial score (nSPS) is 10.7. The summed E-state index contributed by atoms with van der Waals surface area (Å²) in [5, 5.41) is 3.08. The molecule has 0 spiro atoms. The number of anilines is 1. The van der Waals surface area contributed by atoms with Gasteiger partial charge in [-0.3, -0.25) is 4.79 Å². The maximum atomic E-state index is 11.9. The van der Waals surface area contributed by atoms with Crippen molar-refractivity contribution in [2.75, 3.05) is 18.9 Å². The Labute approximate surface area is 115 Å². The molecule has 1 aromatic heterocycles. The SMILES string of the molecule is CC(C)Oc1ncccc1NCC(=O)N(C)C(C)C. The Morgan fingerprint density at radius 1 is 1.42 bits per heavy atom. The molecule has 0 aromatic carbocycles. The van der Waals surface area contributed by atoms with E-state index in [4.69, 9.17) is 4.74 Å². The van der Waals surface area contributed by atoms with E-state index in [1.807, 2.05) is 39.8 Å². The molecule has 1 rings (SSSR count). The van der Waals surface area contributed by atoms with Gasteiger partial charge < -0.3 is 15.0 Å². The molecule has 106 valence electrons. The number of hydrogen-bond donors (Lipinski definition) is 1. The molecular formula is C14H23N3O2. The second-order valence-corrected chi connectivity index (χ2v) is 4.97. The number of amides is 1. The Morgan fingerprint density at radius 2 is 2.11 bits per heavy atom. The minimum Gasteiger partial charge on any atom is -0.473 e. The molecule has 1 amide bonds. The molecule has 0 aliphatic heterocycles. The van der Waals surface area contributed by atoms with E-state index in [1.165, 1.54) is 0 Å². The molecule has 0 bridgehead atoms. The van der Waals surface area contributed by atoms with Gasteiger partial charge in [-0.25, -0.2) is 4.98 Å². The molecule has 19 heavy (non-hydrogen) atoms. The highest BCUT2D eigenvalue weighted by Crippen LogP contribution is 2.21. The van der Waals surface area contributed by atoms with E-state index in [0.717, 1.165) is 5.69 Å². The van der Waals surface area contributed by atoms with Gasteiger partial charge in [-0.1, -0.05) is 0 Å². The van der Waals surface area contributed by atoms with Gasteiger partial charge in [0.25, 0.3) is 0 Å². The van der Waals surface area contributed by atoms with Crippen molar-refractivity contribution in [3.05, 3.63) is 18.3 Å². The van der Waals surface area contributed by atoms with Gasteiger partial charge in [0.1, 0.15) is 0 Å². The van der Waals surface area contributed by atoms with Crippen LogP contribution in [0.1, 0.15) is 27.7 Å². The Morgan fingerprint density at radius 3 is 2.68 bits per heavy atom. The third kappa shape index (κ3) is 4.77. The molecule has 1 N–H and O–H groups in total. The summed E-state index contributed by atoms with van der Waals surface area (Å²) < 4.78 is 5.59. The lowest BCUT2D eigenvalue weighted by Gasteiger charge is -2.22. The number of nitrogens with zero attached hydrogens (tertiary/aromatic N) is 2. The fraction of sp³-hybridized carbons (Fsp3) is 0.571. The van der Waals surface area contributed by atoms with Crippen molar-refractivity contribution >= 4 is 11.6 Å². The van der Waals surface area contributed by atoms with Gasteiger partial charge in [0.2, 0.25) is 11.8 Å². The molecule has 0 radical (unpaired) electrons. The standard InChI is InChI=1S/C14H23N3O2/c1-10(2)17(5)13(18)9-16-12-7-6-8-15-14(12)19-11(3)4/h6-8,10-11,16H,9H2,1-5H3. The topological polar surface area (TPSA) is 54.5 Å². The maximum absolute atomic E-state index is 11.9. The summed E-state index contributed by atoms with van der Waals surface area (Å²) in [4.78, 5) is 17.8. The van der Waals surface area contributed by atoms with Gasteiger partial charge in [-0.15, -0.1) is 0 Å². The van der Waals surface area contributed by atoms with Gasteiger partial charge in [0, 0.05) is 19.3 Å². The summed E-state index contributed by atoms with van der Waals surface area (Å²) >= 11 is 0. The molecule has 0 aliphatic carbocycles. The van der Waals surface area contributed by atoms with Crippen LogP contribution < -0.4 is 10.1 Å². The summed E-state index contributed by atoms with van der Waals surface area (Å²) in [6.07, 6.45) is 1.72. The second kappa shape index (κ2) is 6.97. The lowest BCUT2D eigenvalue weighted by atomic mass is 10.3. The van der Waals surface area contributed by atoms with E-state index in [9.17, 15) is 4.79 Å². The van der Waals surface area contributed by atoms with Crippen LogP contribution in [0.2, 0.25) is 0 Å².